The predicted molar refractivity (Wildman–Crippen MR) is 56.9 cm³/mol. The van der Waals surface area contributed by atoms with E-state index < -0.39 is 0 Å². The van der Waals surface area contributed by atoms with Crippen LogP contribution >= 0.6 is 0 Å². The summed E-state index contributed by atoms with van der Waals surface area (Å²) in [6, 6.07) is 6.24. The van der Waals surface area contributed by atoms with Gasteiger partial charge < -0.3 is 5.32 Å². The monoisotopic (exact) mass is 175 g/mol. The van der Waals surface area contributed by atoms with E-state index in [1.165, 1.54) is 23.5 Å². The van der Waals surface area contributed by atoms with Crippen LogP contribution in [0, 0.1) is 6.92 Å². The van der Waals surface area contributed by atoms with Crippen molar-refractivity contribution in [2.75, 3.05) is 0 Å². The van der Waals surface area contributed by atoms with Gasteiger partial charge >= 0.3 is 0 Å². The first-order chi connectivity index (χ1) is 6.09. The maximum absolute atomic E-state index is 10.7. The Morgan fingerprint density at radius 2 is 2.23 bits per heavy atom. The minimum atomic E-state index is 0.0139. The fourth-order valence-electron chi connectivity index (χ4n) is 1.26. The zero-order valence-corrected chi connectivity index (χ0v) is 8.35. The van der Waals surface area contributed by atoms with Crippen molar-refractivity contribution >= 4 is 19.2 Å². The maximum Gasteiger partial charge on any atom is 0.217 e. The van der Waals surface area contributed by atoms with Crippen molar-refractivity contribution in [2.24, 2.45) is 0 Å². The summed E-state index contributed by atoms with van der Waals surface area (Å²) in [6.45, 7) is 4.22. The Labute approximate surface area is 79.8 Å². The molecule has 0 saturated carbocycles. The minimum Gasteiger partial charge on any atom is -0.352 e. The number of amides is 1. The predicted octanol–water partition coefficient (Wildman–Crippen LogP) is -0.110. The van der Waals surface area contributed by atoms with Gasteiger partial charge in [0.2, 0.25) is 5.91 Å². The Hall–Kier alpha value is -1.25. The quantitative estimate of drug-likeness (QED) is 0.624. The Kier molecular flexibility index (Phi) is 3.12. The van der Waals surface area contributed by atoms with Gasteiger partial charge in [-0.25, -0.2) is 0 Å². The van der Waals surface area contributed by atoms with Gasteiger partial charge in [-0.1, -0.05) is 23.7 Å². The van der Waals surface area contributed by atoms with E-state index >= 15 is 0 Å². The molecule has 1 amide bonds. The van der Waals surface area contributed by atoms with E-state index in [1.54, 1.807) is 0 Å². The molecule has 0 saturated heterocycles. The largest absolute Gasteiger partial charge is 0.352 e. The summed E-state index contributed by atoms with van der Waals surface area (Å²) in [5, 5.41) is 2.78. The lowest BCUT2D eigenvalue weighted by Gasteiger charge is -2.06. The van der Waals surface area contributed by atoms with Crippen molar-refractivity contribution in [1.29, 1.82) is 0 Å². The normalized spacial score (nSPS) is 9.69. The Morgan fingerprint density at radius 1 is 1.54 bits per heavy atom. The van der Waals surface area contributed by atoms with Crippen LogP contribution in [0.15, 0.2) is 18.2 Å². The summed E-state index contributed by atoms with van der Waals surface area (Å²) in [7, 11) is 2.06. The van der Waals surface area contributed by atoms with Crippen LogP contribution < -0.4 is 10.8 Å². The molecule has 0 heterocycles. The van der Waals surface area contributed by atoms with Gasteiger partial charge in [0.25, 0.3) is 0 Å². The maximum atomic E-state index is 10.7. The molecule has 0 fully saturated rings. The van der Waals surface area contributed by atoms with Crippen LogP contribution in [0.3, 0.4) is 0 Å². The first kappa shape index (κ1) is 9.84. The molecule has 0 aliphatic rings. The van der Waals surface area contributed by atoms with Gasteiger partial charge in [0.1, 0.15) is 7.85 Å². The number of hydrogen-bond donors (Lipinski definition) is 1. The highest BCUT2D eigenvalue weighted by Crippen LogP contribution is 2.04. The van der Waals surface area contributed by atoms with Crippen molar-refractivity contribution in [3.63, 3.8) is 0 Å². The van der Waals surface area contributed by atoms with E-state index in [0.29, 0.717) is 6.54 Å². The second-order valence-electron chi connectivity index (χ2n) is 3.34. The molecule has 68 valence electrons. The van der Waals surface area contributed by atoms with Crippen molar-refractivity contribution in [3.8, 4) is 0 Å². The Bertz CT molecular complexity index is 323. The first-order valence-electron chi connectivity index (χ1n) is 4.40. The highest BCUT2D eigenvalue weighted by atomic mass is 16.1. The van der Waals surface area contributed by atoms with Crippen LogP contribution in [0.4, 0.5) is 0 Å². The molecule has 0 aromatic heterocycles. The average molecular weight is 175 g/mol. The molecule has 0 aliphatic heterocycles. The summed E-state index contributed by atoms with van der Waals surface area (Å²) in [4.78, 5) is 10.7. The number of aryl methyl sites for hydroxylation is 1. The summed E-state index contributed by atoms with van der Waals surface area (Å²) in [5.74, 6) is 0.0139. The molecule has 0 bridgehead atoms. The number of hydrogen-bond acceptors (Lipinski definition) is 1. The molecule has 0 aliphatic carbocycles. The molecule has 1 aromatic carbocycles. The standard InChI is InChI=1S/C10H14BNO/c1-7-5-10(11)4-3-9(7)6-12-8(2)13/h3-5H,6,11H2,1-2H3,(H,12,13). The summed E-state index contributed by atoms with van der Waals surface area (Å²) < 4.78 is 0. The van der Waals surface area contributed by atoms with Crippen molar-refractivity contribution in [1.82, 2.24) is 5.32 Å². The van der Waals surface area contributed by atoms with Gasteiger partial charge in [-0.3, -0.25) is 4.79 Å². The third kappa shape index (κ3) is 2.94. The van der Waals surface area contributed by atoms with E-state index in [-0.39, 0.29) is 5.91 Å². The lowest BCUT2D eigenvalue weighted by molar-refractivity contribution is -0.119. The number of carbonyl (C=O) groups excluding carboxylic acids is 1. The zero-order valence-electron chi connectivity index (χ0n) is 8.35. The number of carbonyl (C=O) groups is 1. The number of benzene rings is 1. The van der Waals surface area contributed by atoms with E-state index in [2.05, 4.69) is 38.3 Å². The average Bonchev–Trinajstić information content (AvgIpc) is 2.02. The van der Waals surface area contributed by atoms with Crippen LogP contribution in [0.25, 0.3) is 0 Å². The van der Waals surface area contributed by atoms with E-state index in [4.69, 9.17) is 0 Å². The van der Waals surface area contributed by atoms with Crippen molar-refractivity contribution in [2.45, 2.75) is 20.4 Å². The van der Waals surface area contributed by atoms with Gasteiger partial charge in [-0.2, -0.15) is 0 Å². The molecule has 1 N–H and O–H groups in total. The molecule has 1 aromatic rings. The third-order valence-corrected chi connectivity index (χ3v) is 2.03. The van der Waals surface area contributed by atoms with Crippen LogP contribution in [0.2, 0.25) is 0 Å². The van der Waals surface area contributed by atoms with E-state index in [1.807, 2.05) is 0 Å². The number of nitrogens with one attached hydrogen (secondary N) is 1. The lowest BCUT2D eigenvalue weighted by atomic mass is 9.92. The Balaban J connectivity index is 2.72. The van der Waals surface area contributed by atoms with Crippen molar-refractivity contribution < 1.29 is 4.79 Å². The topological polar surface area (TPSA) is 29.1 Å². The van der Waals surface area contributed by atoms with Gasteiger partial charge in [0.05, 0.1) is 0 Å². The fraction of sp³-hybridized carbons (Fsp3) is 0.300. The molecule has 3 heteroatoms. The third-order valence-electron chi connectivity index (χ3n) is 2.03. The molecule has 0 unspecified atom stereocenters. The van der Waals surface area contributed by atoms with Crippen LogP contribution in [0.5, 0.6) is 0 Å². The van der Waals surface area contributed by atoms with E-state index in [9.17, 15) is 4.79 Å². The SMILES string of the molecule is Bc1ccc(CNC(C)=O)c(C)c1. The van der Waals surface area contributed by atoms with Crippen LogP contribution in [-0.4, -0.2) is 13.8 Å². The highest BCUT2D eigenvalue weighted by molar-refractivity contribution is 6.32. The molecular formula is C10H14BNO. The smallest absolute Gasteiger partial charge is 0.217 e. The minimum absolute atomic E-state index is 0.0139. The lowest BCUT2D eigenvalue weighted by Crippen LogP contribution is -2.20. The molecule has 1 rings (SSSR count). The molecule has 0 atom stereocenters. The van der Waals surface area contributed by atoms with Gasteiger partial charge in [0, 0.05) is 13.5 Å². The zero-order chi connectivity index (χ0) is 9.84. The summed E-state index contributed by atoms with van der Waals surface area (Å²) >= 11 is 0. The summed E-state index contributed by atoms with van der Waals surface area (Å²) in [6.07, 6.45) is 0. The Morgan fingerprint density at radius 3 is 2.77 bits per heavy atom. The second-order valence-corrected chi connectivity index (χ2v) is 3.34. The van der Waals surface area contributed by atoms with Crippen molar-refractivity contribution in [3.05, 3.63) is 29.3 Å². The molecule has 0 spiro atoms. The summed E-state index contributed by atoms with van der Waals surface area (Å²) in [5.41, 5.74) is 3.67. The highest BCUT2D eigenvalue weighted by Gasteiger charge is 1.98. The van der Waals surface area contributed by atoms with Gasteiger partial charge in [0.15, 0.2) is 0 Å². The van der Waals surface area contributed by atoms with Gasteiger partial charge in [-0.05, 0) is 18.1 Å². The van der Waals surface area contributed by atoms with E-state index in [0.717, 1.165) is 0 Å². The molecule has 0 radical (unpaired) electrons. The number of rotatable bonds is 2. The molecule has 13 heavy (non-hydrogen) atoms. The molecular weight excluding hydrogens is 161 g/mol. The first-order valence-corrected chi connectivity index (χ1v) is 4.40. The van der Waals surface area contributed by atoms with Crippen LogP contribution in [-0.2, 0) is 11.3 Å². The fourth-order valence-corrected chi connectivity index (χ4v) is 1.26. The second kappa shape index (κ2) is 4.12. The van der Waals surface area contributed by atoms with Gasteiger partial charge in [-0.15, -0.1) is 0 Å². The molecule has 2 nitrogen and oxygen atoms in total. The van der Waals surface area contributed by atoms with Crippen LogP contribution in [0.1, 0.15) is 18.1 Å².